The molecule has 1 saturated heterocycles. The van der Waals surface area contributed by atoms with Crippen molar-refractivity contribution >= 4 is 33.4 Å². The Hall–Kier alpha value is -2.65. The number of carbonyl (C=O) groups excluding carboxylic acids is 1. The standard InChI is InChI=1S/C21H25FN6OS/c1-12-5-17-19(30-12)18(20(29)28-10-14(11-28)9-27(3)4)26-21(25-17)24-13(2)15-6-16(22)8-23-7-15/h5-8,13-14H,9-11H2,1-4H3,(H,24,25,26). The van der Waals surface area contributed by atoms with Gasteiger partial charge in [0.15, 0.2) is 5.69 Å². The number of amides is 1. The Morgan fingerprint density at radius 3 is 2.80 bits per heavy atom. The fraction of sp³-hybridized carbons (Fsp3) is 0.429. The Bertz CT molecular complexity index is 1080. The number of rotatable bonds is 6. The molecule has 3 aromatic heterocycles. The van der Waals surface area contributed by atoms with Crippen molar-refractivity contribution in [3.63, 3.8) is 0 Å². The number of carbonyl (C=O) groups is 1. The second-order valence-corrected chi connectivity index (χ2v) is 9.36. The number of hydrogen-bond donors (Lipinski definition) is 1. The fourth-order valence-electron chi connectivity index (χ4n) is 3.72. The maximum atomic E-state index is 13.5. The summed E-state index contributed by atoms with van der Waals surface area (Å²) in [6.45, 7) is 6.31. The van der Waals surface area contributed by atoms with Crippen molar-refractivity contribution in [3.8, 4) is 0 Å². The van der Waals surface area contributed by atoms with Crippen molar-refractivity contribution in [2.45, 2.75) is 19.9 Å². The lowest BCUT2D eigenvalue weighted by Gasteiger charge is -2.40. The highest BCUT2D eigenvalue weighted by molar-refractivity contribution is 7.19. The Morgan fingerprint density at radius 1 is 1.33 bits per heavy atom. The van der Waals surface area contributed by atoms with Crippen molar-refractivity contribution in [1.29, 1.82) is 0 Å². The summed E-state index contributed by atoms with van der Waals surface area (Å²) in [6.07, 6.45) is 2.77. The minimum atomic E-state index is -0.396. The predicted octanol–water partition coefficient (Wildman–Crippen LogP) is 3.34. The number of thiophene rings is 1. The summed E-state index contributed by atoms with van der Waals surface area (Å²) in [5.74, 6) is 0.379. The molecule has 3 aromatic rings. The van der Waals surface area contributed by atoms with Gasteiger partial charge >= 0.3 is 0 Å². The first kappa shape index (κ1) is 20.6. The maximum absolute atomic E-state index is 13.5. The lowest BCUT2D eigenvalue weighted by Crippen LogP contribution is -2.53. The molecular formula is C21H25FN6OS. The molecule has 0 saturated carbocycles. The molecule has 158 valence electrons. The molecule has 4 heterocycles. The molecule has 1 N–H and O–H groups in total. The highest BCUT2D eigenvalue weighted by Crippen LogP contribution is 2.30. The minimum absolute atomic E-state index is 0.0672. The highest BCUT2D eigenvalue weighted by atomic mass is 32.1. The Balaban J connectivity index is 1.59. The molecule has 0 aliphatic carbocycles. The summed E-state index contributed by atoms with van der Waals surface area (Å²) < 4.78 is 14.3. The molecule has 30 heavy (non-hydrogen) atoms. The van der Waals surface area contributed by atoms with Crippen LogP contribution in [0, 0.1) is 18.7 Å². The number of fused-ring (bicyclic) bond motifs is 1. The van der Waals surface area contributed by atoms with Gasteiger partial charge in [-0.2, -0.15) is 0 Å². The van der Waals surface area contributed by atoms with Gasteiger partial charge in [-0.15, -0.1) is 11.3 Å². The lowest BCUT2D eigenvalue weighted by molar-refractivity contribution is 0.0447. The van der Waals surface area contributed by atoms with Crippen LogP contribution in [0.2, 0.25) is 0 Å². The third-order valence-corrected chi connectivity index (χ3v) is 6.18. The first-order valence-corrected chi connectivity index (χ1v) is 10.7. The van der Waals surface area contributed by atoms with Gasteiger partial charge in [-0.1, -0.05) is 0 Å². The van der Waals surface area contributed by atoms with E-state index in [0.717, 1.165) is 34.7 Å². The third kappa shape index (κ3) is 4.27. The largest absolute Gasteiger partial charge is 0.348 e. The smallest absolute Gasteiger partial charge is 0.274 e. The minimum Gasteiger partial charge on any atom is -0.348 e. The van der Waals surface area contributed by atoms with Crippen LogP contribution in [0.3, 0.4) is 0 Å². The van der Waals surface area contributed by atoms with E-state index >= 15 is 0 Å². The van der Waals surface area contributed by atoms with Crippen LogP contribution in [-0.4, -0.2) is 64.4 Å². The van der Waals surface area contributed by atoms with Crippen molar-refractivity contribution in [3.05, 3.63) is 46.5 Å². The van der Waals surface area contributed by atoms with Gasteiger partial charge in [0.05, 0.1) is 22.5 Å². The molecule has 1 aliphatic rings. The monoisotopic (exact) mass is 428 g/mol. The topological polar surface area (TPSA) is 74.2 Å². The molecule has 1 unspecified atom stereocenters. The van der Waals surface area contributed by atoms with Gasteiger partial charge in [0.1, 0.15) is 5.82 Å². The third-order valence-electron chi connectivity index (χ3n) is 5.14. The predicted molar refractivity (Wildman–Crippen MR) is 116 cm³/mol. The average molecular weight is 429 g/mol. The number of nitrogens with one attached hydrogen (secondary N) is 1. The molecule has 1 amide bonds. The molecule has 4 rings (SSSR count). The van der Waals surface area contributed by atoms with Gasteiger partial charge in [-0.05, 0) is 45.6 Å². The van der Waals surface area contributed by atoms with Crippen molar-refractivity contribution in [2.75, 3.05) is 39.0 Å². The fourth-order valence-corrected chi connectivity index (χ4v) is 4.65. The van der Waals surface area contributed by atoms with E-state index in [4.69, 9.17) is 0 Å². The second-order valence-electron chi connectivity index (χ2n) is 8.11. The molecule has 7 nitrogen and oxygen atoms in total. The van der Waals surface area contributed by atoms with E-state index in [-0.39, 0.29) is 11.9 Å². The molecule has 1 aliphatic heterocycles. The lowest BCUT2D eigenvalue weighted by atomic mass is 9.99. The summed E-state index contributed by atoms with van der Waals surface area (Å²) in [5.41, 5.74) is 1.85. The molecule has 1 fully saturated rings. The highest BCUT2D eigenvalue weighted by Gasteiger charge is 2.33. The van der Waals surface area contributed by atoms with Gasteiger partial charge in [0.25, 0.3) is 5.91 Å². The van der Waals surface area contributed by atoms with Crippen LogP contribution in [0.1, 0.15) is 33.9 Å². The van der Waals surface area contributed by atoms with E-state index in [1.165, 1.54) is 23.6 Å². The van der Waals surface area contributed by atoms with Crippen LogP contribution in [-0.2, 0) is 0 Å². The SMILES string of the molecule is Cc1cc2nc(NC(C)c3cncc(F)c3)nc(C(=O)N3CC(CN(C)C)C3)c2s1. The van der Waals surface area contributed by atoms with Gasteiger partial charge in [0.2, 0.25) is 5.95 Å². The first-order chi connectivity index (χ1) is 14.3. The quantitative estimate of drug-likeness (QED) is 0.649. The van der Waals surface area contributed by atoms with Crippen molar-refractivity contribution in [1.82, 2.24) is 24.8 Å². The zero-order chi connectivity index (χ0) is 21.4. The van der Waals surface area contributed by atoms with E-state index in [9.17, 15) is 9.18 Å². The number of halogens is 1. The van der Waals surface area contributed by atoms with Crippen LogP contribution in [0.5, 0.6) is 0 Å². The maximum Gasteiger partial charge on any atom is 0.274 e. The summed E-state index contributed by atoms with van der Waals surface area (Å²) in [4.78, 5) is 31.3. The van der Waals surface area contributed by atoms with E-state index in [0.29, 0.717) is 23.1 Å². The van der Waals surface area contributed by atoms with Crippen molar-refractivity contribution < 1.29 is 9.18 Å². The van der Waals surface area contributed by atoms with Gasteiger partial charge < -0.3 is 15.1 Å². The molecular weight excluding hydrogens is 403 g/mol. The second kappa shape index (κ2) is 8.23. The number of aryl methyl sites for hydroxylation is 1. The molecule has 0 radical (unpaired) electrons. The first-order valence-electron chi connectivity index (χ1n) is 9.89. The van der Waals surface area contributed by atoms with E-state index in [1.807, 2.05) is 38.9 Å². The van der Waals surface area contributed by atoms with E-state index in [1.54, 1.807) is 6.20 Å². The summed E-state index contributed by atoms with van der Waals surface area (Å²) in [7, 11) is 4.08. The van der Waals surface area contributed by atoms with Gasteiger partial charge in [0, 0.05) is 36.6 Å². The Labute approximate surface area is 179 Å². The van der Waals surface area contributed by atoms with Crippen LogP contribution in [0.25, 0.3) is 10.2 Å². The zero-order valence-corrected chi connectivity index (χ0v) is 18.3. The Kier molecular flexibility index (Phi) is 5.66. The van der Waals surface area contributed by atoms with Crippen LogP contribution < -0.4 is 5.32 Å². The number of likely N-dealkylation sites (tertiary alicyclic amines) is 1. The molecule has 0 aromatic carbocycles. The number of aromatic nitrogens is 3. The van der Waals surface area contributed by atoms with Gasteiger partial charge in [-0.3, -0.25) is 9.78 Å². The zero-order valence-electron chi connectivity index (χ0n) is 17.5. The number of pyridine rings is 1. The molecule has 1 atom stereocenters. The Morgan fingerprint density at radius 2 is 2.10 bits per heavy atom. The molecule has 0 spiro atoms. The van der Waals surface area contributed by atoms with Crippen molar-refractivity contribution in [2.24, 2.45) is 5.92 Å². The normalized spacial score (nSPS) is 15.5. The number of nitrogens with zero attached hydrogens (tertiary/aromatic N) is 5. The van der Waals surface area contributed by atoms with Gasteiger partial charge in [-0.25, -0.2) is 14.4 Å². The summed E-state index contributed by atoms with van der Waals surface area (Å²) >= 11 is 1.53. The van der Waals surface area contributed by atoms with E-state index in [2.05, 4.69) is 25.2 Å². The average Bonchev–Trinajstić information content (AvgIpc) is 3.03. The summed E-state index contributed by atoms with van der Waals surface area (Å²) in [6, 6.07) is 3.12. The van der Waals surface area contributed by atoms with Crippen LogP contribution in [0.4, 0.5) is 10.3 Å². The van der Waals surface area contributed by atoms with Crippen LogP contribution >= 0.6 is 11.3 Å². The van der Waals surface area contributed by atoms with Crippen LogP contribution in [0.15, 0.2) is 24.5 Å². The summed E-state index contributed by atoms with van der Waals surface area (Å²) in [5, 5.41) is 3.19. The molecule has 0 bridgehead atoms. The number of anilines is 1. The van der Waals surface area contributed by atoms with E-state index < -0.39 is 5.82 Å². The molecule has 9 heteroatoms. The number of hydrogen-bond acceptors (Lipinski definition) is 7.